The molecule has 0 saturated heterocycles. The summed E-state index contributed by atoms with van der Waals surface area (Å²) < 4.78 is 11.9. The van der Waals surface area contributed by atoms with Crippen molar-refractivity contribution in [2.24, 2.45) is 0 Å². The molecule has 1 aromatic rings. The van der Waals surface area contributed by atoms with Gasteiger partial charge in [0.1, 0.15) is 0 Å². The zero-order valence-electron chi connectivity index (χ0n) is 12.7. The Morgan fingerprint density at radius 2 is 1.26 bits per heavy atom. The van der Waals surface area contributed by atoms with Gasteiger partial charge in [-0.15, -0.1) is 0 Å². The monoisotopic (exact) mass is 264 g/mol. The Hall–Kier alpha value is -1.19. The molecule has 0 N–H and O–H groups in total. The van der Waals surface area contributed by atoms with Gasteiger partial charge in [-0.1, -0.05) is 30.3 Å². The summed E-state index contributed by atoms with van der Waals surface area (Å²) in [5.41, 5.74) is -0.292. The van der Waals surface area contributed by atoms with Crippen molar-refractivity contribution >= 4 is 6.29 Å². The van der Waals surface area contributed by atoms with Gasteiger partial charge in [0.25, 0.3) is 5.79 Å². The lowest BCUT2D eigenvalue weighted by Gasteiger charge is -2.39. The quantitative estimate of drug-likeness (QED) is 0.615. The lowest BCUT2D eigenvalue weighted by molar-refractivity contribution is -0.294. The number of rotatable bonds is 4. The van der Waals surface area contributed by atoms with Gasteiger partial charge in [0, 0.05) is 5.56 Å². The second kappa shape index (κ2) is 5.43. The molecule has 0 aromatic heterocycles. The second-order valence-corrected chi connectivity index (χ2v) is 6.58. The summed E-state index contributed by atoms with van der Waals surface area (Å²) in [6.07, 6.45) is 0.735. The van der Waals surface area contributed by atoms with Crippen LogP contribution < -0.4 is 0 Å². The van der Waals surface area contributed by atoms with Gasteiger partial charge in [0.2, 0.25) is 0 Å². The third kappa shape index (κ3) is 4.77. The van der Waals surface area contributed by atoms with Crippen LogP contribution >= 0.6 is 0 Å². The third-order valence-electron chi connectivity index (χ3n) is 2.25. The molecular formula is C16H24O3. The summed E-state index contributed by atoms with van der Waals surface area (Å²) in [5, 5.41) is 0. The van der Waals surface area contributed by atoms with E-state index >= 15 is 0 Å². The molecule has 3 heteroatoms. The van der Waals surface area contributed by atoms with Crippen molar-refractivity contribution in [1.29, 1.82) is 0 Å². The molecule has 0 aliphatic carbocycles. The lowest BCUT2D eigenvalue weighted by Crippen LogP contribution is -2.46. The lowest BCUT2D eigenvalue weighted by atomic mass is 10.0. The van der Waals surface area contributed by atoms with Crippen molar-refractivity contribution in [3.05, 3.63) is 35.9 Å². The number of hydrogen-bond acceptors (Lipinski definition) is 3. The van der Waals surface area contributed by atoms with Crippen molar-refractivity contribution in [2.75, 3.05) is 0 Å². The smallest absolute Gasteiger partial charge is 0.254 e. The van der Waals surface area contributed by atoms with Crippen LogP contribution in [0.2, 0.25) is 0 Å². The zero-order chi connectivity index (χ0) is 14.7. The molecule has 3 nitrogen and oxygen atoms in total. The van der Waals surface area contributed by atoms with E-state index in [2.05, 4.69) is 0 Å². The molecule has 0 heterocycles. The minimum absolute atomic E-state index is 0.498. The van der Waals surface area contributed by atoms with E-state index in [0.717, 1.165) is 6.29 Å². The highest BCUT2D eigenvalue weighted by Crippen LogP contribution is 2.34. The number of carbonyl (C=O) groups is 1. The maximum absolute atomic E-state index is 11.7. The van der Waals surface area contributed by atoms with E-state index in [1.165, 1.54) is 0 Å². The fourth-order valence-electron chi connectivity index (χ4n) is 1.84. The molecule has 0 unspecified atom stereocenters. The number of hydrogen-bond donors (Lipinski definition) is 0. The molecular weight excluding hydrogens is 240 g/mol. The van der Waals surface area contributed by atoms with E-state index < -0.39 is 17.0 Å². The van der Waals surface area contributed by atoms with Crippen LogP contribution in [0.1, 0.15) is 47.1 Å². The first-order valence-electron chi connectivity index (χ1n) is 6.50. The molecule has 0 amide bonds. The predicted octanol–water partition coefficient (Wildman–Crippen LogP) is 3.67. The van der Waals surface area contributed by atoms with E-state index in [9.17, 15) is 4.79 Å². The van der Waals surface area contributed by atoms with E-state index in [-0.39, 0.29) is 0 Å². The van der Waals surface area contributed by atoms with Gasteiger partial charge in [0.05, 0.1) is 11.2 Å². The maximum atomic E-state index is 11.7. The highest BCUT2D eigenvalue weighted by molar-refractivity contribution is 5.64. The van der Waals surface area contributed by atoms with Gasteiger partial charge in [-0.05, 0) is 41.5 Å². The molecule has 0 aliphatic heterocycles. The van der Waals surface area contributed by atoms with Gasteiger partial charge >= 0.3 is 0 Å². The Balaban J connectivity index is 3.26. The van der Waals surface area contributed by atoms with E-state index in [0.29, 0.717) is 5.56 Å². The van der Waals surface area contributed by atoms with Gasteiger partial charge in [-0.3, -0.25) is 4.79 Å². The van der Waals surface area contributed by atoms with Crippen molar-refractivity contribution in [2.45, 2.75) is 58.5 Å². The highest BCUT2D eigenvalue weighted by Gasteiger charge is 2.41. The van der Waals surface area contributed by atoms with Crippen LogP contribution in [-0.4, -0.2) is 17.5 Å². The van der Waals surface area contributed by atoms with Crippen LogP contribution in [0, 0.1) is 0 Å². The first-order valence-corrected chi connectivity index (χ1v) is 6.50. The largest absolute Gasteiger partial charge is 0.334 e. The van der Waals surface area contributed by atoms with Gasteiger partial charge in [0.15, 0.2) is 6.29 Å². The maximum Gasteiger partial charge on any atom is 0.254 e. The second-order valence-electron chi connectivity index (χ2n) is 6.58. The predicted molar refractivity (Wildman–Crippen MR) is 75.9 cm³/mol. The first kappa shape index (κ1) is 15.9. The number of ether oxygens (including phenoxy) is 2. The number of aldehydes is 1. The number of carbonyl (C=O) groups excluding carboxylic acids is 1. The molecule has 0 spiro atoms. The Labute approximate surface area is 115 Å². The average Bonchev–Trinajstić information content (AvgIpc) is 2.25. The number of benzene rings is 1. The SMILES string of the molecule is CC(C)(C)OC(C=O)(OC(C)(C)C)c1ccccc1. The minimum atomic E-state index is -1.38. The molecule has 1 rings (SSSR count). The summed E-state index contributed by atoms with van der Waals surface area (Å²) in [4.78, 5) is 11.7. The highest BCUT2D eigenvalue weighted by atomic mass is 16.7. The Morgan fingerprint density at radius 1 is 0.842 bits per heavy atom. The molecule has 0 aliphatic rings. The van der Waals surface area contributed by atoms with Crippen LogP contribution in [0.5, 0.6) is 0 Å². The molecule has 106 valence electrons. The summed E-state index contributed by atoms with van der Waals surface area (Å²) in [6.45, 7) is 11.4. The summed E-state index contributed by atoms with van der Waals surface area (Å²) in [7, 11) is 0. The van der Waals surface area contributed by atoms with Crippen molar-refractivity contribution in [3.8, 4) is 0 Å². The van der Waals surface area contributed by atoms with Crippen molar-refractivity contribution < 1.29 is 14.3 Å². The van der Waals surface area contributed by atoms with Crippen LogP contribution in [0.3, 0.4) is 0 Å². The van der Waals surface area contributed by atoms with Crippen LogP contribution in [0.25, 0.3) is 0 Å². The Morgan fingerprint density at radius 3 is 1.58 bits per heavy atom. The molecule has 19 heavy (non-hydrogen) atoms. The molecule has 0 saturated carbocycles. The standard InChI is InChI=1S/C16H24O3/c1-14(2,3)18-16(12-17,19-15(4,5)6)13-10-8-7-9-11-13/h7-12H,1-6H3. The summed E-state index contributed by atoms with van der Waals surface area (Å²) in [6, 6.07) is 9.31. The first-order chi connectivity index (χ1) is 8.58. The normalized spacial score (nSPS) is 13.4. The van der Waals surface area contributed by atoms with Crippen LogP contribution in [0.15, 0.2) is 30.3 Å². The topological polar surface area (TPSA) is 35.5 Å². The third-order valence-corrected chi connectivity index (χ3v) is 2.25. The average molecular weight is 264 g/mol. The van der Waals surface area contributed by atoms with E-state index in [4.69, 9.17) is 9.47 Å². The minimum Gasteiger partial charge on any atom is -0.334 e. The summed E-state index contributed by atoms with van der Waals surface area (Å²) in [5.74, 6) is -1.38. The Kier molecular flexibility index (Phi) is 4.54. The molecule has 0 bridgehead atoms. The van der Waals surface area contributed by atoms with E-state index in [1.807, 2.05) is 71.9 Å². The van der Waals surface area contributed by atoms with Crippen molar-refractivity contribution in [1.82, 2.24) is 0 Å². The molecule has 0 atom stereocenters. The summed E-state index contributed by atoms with van der Waals surface area (Å²) >= 11 is 0. The van der Waals surface area contributed by atoms with Gasteiger partial charge in [-0.2, -0.15) is 0 Å². The fourth-order valence-corrected chi connectivity index (χ4v) is 1.84. The van der Waals surface area contributed by atoms with Crippen LogP contribution in [-0.2, 0) is 20.1 Å². The van der Waals surface area contributed by atoms with Gasteiger partial charge in [-0.25, -0.2) is 0 Å². The fraction of sp³-hybridized carbons (Fsp3) is 0.562. The van der Waals surface area contributed by atoms with Gasteiger partial charge < -0.3 is 9.47 Å². The van der Waals surface area contributed by atoms with E-state index in [1.54, 1.807) is 0 Å². The Bertz CT molecular complexity index is 394. The van der Waals surface area contributed by atoms with Crippen molar-refractivity contribution in [3.63, 3.8) is 0 Å². The molecule has 0 radical (unpaired) electrons. The van der Waals surface area contributed by atoms with Crippen LogP contribution in [0.4, 0.5) is 0 Å². The zero-order valence-corrected chi connectivity index (χ0v) is 12.7. The molecule has 1 aromatic carbocycles. The molecule has 0 fully saturated rings.